The average Bonchev–Trinajstić information content (AvgIpc) is 2.16. The van der Waals surface area contributed by atoms with E-state index < -0.39 is 62.6 Å². The molecule has 0 aliphatic heterocycles. The summed E-state index contributed by atoms with van der Waals surface area (Å²) < 4.78 is 68.4. The van der Waals surface area contributed by atoms with Crippen molar-refractivity contribution in [1.82, 2.24) is 0 Å². The van der Waals surface area contributed by atoms with Crippen molar-refractivity contribution in [2.24, 2.45) is 0 Å². The second kappa shape index (κ2) is 71.4. The van der Waals surface area contributed by atoms with E-state index >= 15 is 0 Å². The molecule has 0 aromatic heterocycles. The zero-order valence-electron chi connectivity index (χ0n) is 25.1. The van der Waals surface area contributed by atoms with Gasteiger partial charge in [0, 0.05) is 0 Å². The number of rotatable bonds is 0. The van der Waals surface area contributed by atoms with Crippen molar-refractivity contribution in [3.8, 4) is 0 Å². The van der Waals surface area contributed by atoms with Gasteiger partial charge < -0.3 is 154 Å². The molecule has 256 valence electrons. The van der Waals surface area contributed by atoms with Crippen LogP contribution in [0.3, 0.4) is 0 Å². The van der Waals surface area contributed by atoms with E-state index in [1.807, 2.05) is 0 Å². The maximum absolute atomic E-state index is 8.55. The fraction of sp³-hybridized carbons (Fsp3) is 0. The molecule has 0 bridgehead atoms. The minimum Gasteiger partial charge on any atom is -0.822 e. The molecule has 0 aromatic rings. The van der Waals surface area contributed by atoms with Crippen molar-refractivity contribution in [2.75, 3.05) is 0 Å². The van der Waals surface area contributed by atoms with Crippen LogP contribution < -0.4 is 117 Å². The summed E-state index contributed by atoms with van der Waals surface area (Å²) in [5.74, 6) is 0. The predicted octanol–water partition coefficient (Wildman–Crippen LogP) is -27.2. The number of hydrogen-bond acceptors (Lipinski definition) is 32. The Morgan fingerprint density at radius 1 is 0.192 bits per heavy atom. The first-order chi connectivity index (χ1) is 16.0. The van der Waals surface area contributed by atoms with Gasteiger partial charge in [-0.3, -0.25) is 0 Å². The molecule has 0 atom stereocenters. The minimum atomic E-state index is -5.39. The van der Waals surface area contributed by atoms with E-state index in [-0.39, 0.29) is 465 Å². The van der Waals surface area contributed by atoms with E-state index in [4.69, 9.17) is 154 Å². The molecular formula is Ba3Ca3Mg3O32P8Sr3. The molecular weight excluding hydrogens is 1630 g/mol. The summed E-state index contributed by atoms with van der Waals surface area (Å²) in [4.78, 5) is 205. The largest absolute Gasteiger partial charge is 2.00 e. The second-order valence-corrected chi connectivity index (χ2v) is 10.7. The van der Waals surface area contributed by atoms with Crippen LogP contribution in [0.2, 0.25) is 0 Å². The Bertz CT molecular complexity index is 703. The Kier molecular flexibility index (Phi) is 182. The van der Waals surface area contributed by atoms with Crippen molar-refractivity contribution in [1.29, 1.82) is 0 Å². The maximum Gasteiger partial charge on any atom is 2.00 e. The zero-order chi connectivity index (χ0) is 36.0. The van der Waals surface area contributed by atoms with Crippen LogP contribution in [-0.2, 0) is 36.5 Å². The fourth-order valence-corrected chi connectivity index (χ4v) is 0. The molecule has 0 aromatic carbocycles. The van der Waals surface area contributed by atoms with Crippen LogP contribution in [0.15, 0.2) is 0 Å². The molecule has 0 saturated heterocycles. The normalized spacial score (nSPS) is 9.08. The first-order valence-electron chi connectivity index (χ1n) is 5.84. The summed E-state index contributed by atoms with van der Waals surface area (Å²) >= 11 is 0. The molecule has 32 nitrogen and oxygen atoms in total. The Morgan fingerprint density at radius 3 is 0.192 bits per heavy atom. The van der Waals surface area contributed by atoms with Crippen LogP contribution in [-0.4, -0.2) is 465 Å². The predicted molar refractivity (Wildman–Crippen MR) is 130 cm³/mol. The molecule has 52 heavy (non-hydrogen) atoms. The molecule has 0 aliphatic carbocycles. The Hall–Kier alpha value is 16.1. The van der Waals surface area contributed by atoms with E-state index in [0.717, 1.165) is 0 Å². The quantitative estimate of drug-likeness (QED) is 0.160. The third kappa shape index (κ3) is 1080. The SMILES string of the molecule is O=P([O-])([O-])[O-].O=P([O-])([O-])[O-].O=P([O-])([O-])[O-].O=P([O-])([O-])[O-].O=P([O-])([O-])[O-].O=P([O-])([O-])[O-].O=P([O-])([O-])[O-].O=P([O-])([O-])[O-].[Ba+2].[Ba+2].[Ba+2].[Ca+2].[Ca+2].[Ca+2].[Mg+2].[Mg+2].[Mg+2].[Sr+2].[Sr+2].[Sr+2]. The molecule has 0 rings (SSSR count). The monoisotopic (exact) mass is 1630 g/mol. The summed E-state index contributed by atoms with van der Waals surface area (Å²) in [7, 11) is -43.1. The smallest absolute Gasteiger partial charge is 0.822 e. The van der Waals surface area contributed by atoms with Gasteiger partial charge in [0.05, 0.1) is 0 Å². The van der Waals surface area contributed by atoms with Gasteiger partial charge in [-0.05, 0) is 0 Å². The van der Waals surface area contributed by atoms with Crippen molar-refractivity contribution in [3.63, 3.8) is 0 Å². The minimum absolute atomic E-state index is 0. The molecule has 0 unspecified atom stereocenters. The molecule has 0 heterocycles. The number of phosphoric acid groups is 8. The summed E-state index contributed by atoms with van der Waals surface area (Å²) in [6.45, 7) is 0. The van der Waals surface area contributed by atoms with Crippen LogP contribution in [0.25, 0.3) is 0 Å². The first kappa shape index (κ1) is 133. The summed E-state index contributed by atoms with van der Waals surface area (Å²) in [5, 5.41) is 0. The number of hydrogen-bond donors (Lipinski definition) is 0. The van der Waals surface area contributed by atoms with Gasteiger partial charge in [0.1, 0.15) is 0 Å². The van der Waals surface area contributed by atoms with E-state index in [2.05, 4.69) is 0 Å². The molecule has 52 heteroatoms. The van der Waals surface area contributed by atoms with Gasteiger partial charge in [0.15, 0.2) is 0 Å². The van der Waals surface area contributed by atoms with Crippen LogP contribution in [0, 0.1) is 0 Å². The van der Waals surface area contributed by atoms with Crippen molar-refractivity contribution >= 4 is 528 Å². The molecule has 0 saturated carbocycles. The van der Waals surface area contributed by atoms with Crippen LogP contribution >= 0.6 is 62.6 Å². The summed E-state index contributed by atoms with van der Waals surface area (Å²) in [6.07, 6.45) is 0. The Labute approximate surface area is 662 Å². The first-order valence-corrected chi connectivity index (χ1v) is 17.5. The Morgan fingerprint density at radius 2 is 0.192 bits per heavy atom. The third-order valence-corrected chi connectivity index (χ3v) is 0. The molecule has 0 fully saturated rings. The van der Waals surface area contributed by atoms with E-state index in [0.29, 0.717) is 0 Å². The zero-order valence-corrected chi connectivity index (χ0v) is 66.9. The van der Waals surface area contributed by atoms with E-state index in [9.17, 15) is 0 Å². The maximum atomic E-state index is 8.55. The van der Waals surface area contributed by atoms with Crippen molar-refractivity contribution in [2.45, 2.75) is 0 Å². The average molecular weight is 1630 g/mol. The summed E-state index contributed by atoms with van der Waals surface area (Å²) in [6, 6.07) is 0. The molecule has 0 aliphatic rings. The molecule has 0 N–H and O–H groups in total. The van der Waals surface area contributed by atoms with Crippen LogP contribution in [0.5, 0.6) is 0 Å². The van der Waals surface area contributed by atoms with Crippen molar-refractivity contribution < 1.29 is 154 Å². The third-order valence-electron chi connectivity index (χ3n) is 0. The Balaban J connectivity index is -0.0000000121. The van der Waals surface area contributed by atoms with E-state index in [1.165, 1.54) is 0 Å². The molecule has 0 amide bonds. The van der Waals surface area contributed by atoms with Crippen molar-refractivity contribution in [3.05, 3.63) is 0 Å². The van der Waals surface area contributed by atoms with Gasteiger partial charge >= 0.3 is 465 Å². The molecule has 0 radical (unpaired) electrons. The van der Waals surface area contributed by atoms with Gasteiger partial charge in [-0.1, -0.05) is 0 Å². The van der Waals surface area contributed by atoms with Gasteiger partial charge in [-0.25, -0.2) is 0 Å². The topological polar surface area (TPSA) is 690 Å². The van der Waals surface area contributed by atoms with Crippen LogP contribution in [0.1, 0.15) is 0 Å². The van der Waals surface area contributed by atoms with Crippen LogP contribution in [0.4, 0.5) is 0 Å². The van der Waals surface area contributed by atoms with Gasteiger partial charge in [0.2, 0.25) is 0 Å². The second-order valence-electron chi connectivity index (χ2n) is 3.58. The van der Waals surface area contributed by atoms with E-state index in [1.54, 1.807) is 0 Å². The summed E-state index contributed by atoms with van der Waals surface area (Å²) in [5.41, 5.74) is 0. The molecule has 0 spiro atoms. The van der Waals surface area contributed by atoms with Gasteiger partial charge in [-0.2, -0.15) is 62.6 Å². The fourth-order valence-electron chi connectivity index (χ4n) is 0. The van der Waals surface area contributed by atoms with Gasteiger partial charge in [-0.15, -0.1) is 0 Å². The standard InChI is InChI=1S/3Ba.3Ca.3Mg.8H3O4P.3Sr/c;;;;;;;;;8*1-5(2,3)4;;;/h;;;;;;;;;8*(H3,1,2,3,4);;;/q9*+2;;;;;;;;;3*+2/p-24. The van der Waals surface area contributed by atoms with Gasteiger partial charge in [0.25, 0.3) is 0 Å².